The van der Waals surface area contributed by atoms with Crippen LogP contribution in [-0.2, 0) is 4.79 Å². The molecule has 0 heterocycles. The zero-order valence-electron chi connectivity index (χ0n) is 11.9. The molecule has 1 rings (SSSR count). The minimum absolute atomic E-state index is 0.181. The standard InChI is InChI=1S/C15H24N2O/c1-5-17(14-9-7-6-8-13(14)4)15(18)10-11-16-12(2)3/h6-9,12,16H,5,10-11H2,1-4H3. The average molecular weight is 248 g/mol. The maximum absolute atomic E-state index is 12.2. The summed E-state index contributed by atoms with van der Waals surface area (Å²) in [7, 11) is 0. The monoisotopic (exact) mass is 248 g/mol. The summed E-state index contributed by atoms with van der Waals surface area (Å²) in [5, 5.41) is 3.27. The Bertz CT molecular complexity index is 388. The van der Waals surface area contributed by atoms with Crippen molar-refractivity contribution in [1.82, 2.24) is 5.32 Å². The Morgan fingerprint density at radius 1 is 1.33 bits per heavy atom. The smallest absolute Gasteiger partial charge is 0.228 e. The van der Waals surface area contributed by atoms with Crippen molar-refractivity contribution in [3.05, 3.63) is 29.8 Å². The second kappa shape index (κ2) is 7.17. The highest BCUT2D eigenvalue weighted by molar-refractivity contribution is 5.94. The first kappa shape index (κ1) is 14.7. The molecule has 100 valence electrons. The number of para-hydroxylation sites is 1. The van der Waals surface area contributed by atoms with E-state index in [0.717, 1.165) is 17.8 Å². The van der Waals surface area contributed by atoms with Gasteiger partial charge in [-0.1, -0.05) is 32.0 Å². The van der Waals surface area contributed by atoms with Crippen molar-refractivity contribution in [2.75, 3.05) is 18.0 Å². The molecule has 18 heavy (non-hydrogen) atoms. The van der Waals surface area contributed by atoms with E-state index in [9.17, 15) is 4.79 Å². The number of anilines is 1. The Labute approximate surface area is 110 Å². The zero-order chi connectivity index (χ0) is 13.5. The van der Waals surface area contributed by atoms with E-state index in [4.69, 9.17) is 0 Å². The number of carbonyl (C=O) groups excluding carboxylic acids is 1. The summed E-state index contributed by atoms with van der Waals surface area (Å²) in [6, 6.07) is 8.44. The Hall–Kier alpha value is -1.35. The van der Waals surface area contributed by atoms with E-state index in [2.05, 4.69) is 19.2 Å². The fourth-order valence-electron chi connectivity index (χ4n) is 1.95. The molecule has 0 saturated heterocycles. The van der Waals surface area contributed by atoms with Crippen LogP contribution in [-0.4, -0.2) is 25.0 Å². The molecule has 1 amide bonds. The molecule has 0 unspecified atom stereocenters. The van der Waals surface area contributed by atoms with Crippen molar-refractivity contribution in [3.63, 3.8) is 0 Å². The van der Waals surface area contributed by atoms with Crippen molar-refractivity contribution < 1.29 is 4.79 Å². The van der Waals surface area contributed by atoms with Gasteiger partial charge in [0.2, 0.25) is 5.91 Å². The summed E-state index contributed by atoms with van der Waals surface area (Å²) in [6.07, 6.45) is 0.542. The van der Waals surface area contributed by atoms with Gasteiger partial charge in [0, 0.05) is 31.2 Å². The van der Waals surface area contributed by atoms with Crippen LogP contribution < -0.4 is 10.2 Å². The highest BCUT2D eigenvalue weighted by atomic mass is 16.2. The maximum Gasteiger partial charge on any atom is 0.228 e. The number of benzene rings is 1. The molecule has 3 heteroatoms. The molecule has 1 aromatic rings. The highest BCUT2D eigenvalue weighted by Gasteiger charge is 2.14. The molecular formula is C15H24N2O. The SMILES string of the molecule is CCN(C(=O)CCNC(C)C)c1ccccc1C. The van der Waals surface area contributed by atoms with Crippen LogP contribution in [0.1, 0.15) is 32.8 Å². The molecular weight excluding hydrogens is 224 g/mol. The maximum atomic E-state index is 12.2. The molecule has 0 saturated carbocycles. The second-order valence-electron chi connectivity index (χ2n) is 4.78. The van der Waals surface area contributed by atoms with Gasteiger partial charge in [0.15, 0.2) is 0 Å². The Morgan fingerprint density at radius 3 is 2.56 bits per heavy atom. The van der Waals surface area contributed by atoms with Crippen LogP contribution in [0, 0.1) is 6.92 Å². The van der Waals surface area contributed by atoms with Gasteiger partial charge in [-0.2, -0.15) is 0 Å². The number of aryl methyl sites for hydroxylation is 1. The summed E-state index contributed by atoms with van der Waals surface area (Å²) < 4.78 is 0. The third-order valence-corrected chi connectivity index (χ3v) is 2.91. The molecule has 0 aliphatic heterocycles. The molecule has 3 nitrogen and oxygen atoms in total. The molecule has 0 bridgehead atoms. The summed E-state index contributed by atoms with van der Waals surface area (Å²) in [6.45, 7) is 9.68. The van der Waals surface area contributed by atoms with E-state index in [1.807, 2.05) is 43.0 Å². The lowest BCUT2D eigenvalue weighted by Gasteiger charge is -2.23. The molecule has 0 radical (unpaired) electrons. The number of hydrogen-bond donors (Lipinski definition) is 1. The zero-order valence-corrected chi connectivity index (χ0v) is 11.9. The summed E-state index contributed by atoms with van der Waals surface area (Å²) >= 11 is 0. The lowest BCUT2D eigenvalue weighted by Crippen LogP contribution is -2.34. The van der Waals surface area contributed by atoms with Gasteiger partial charge in [-0.05, 0) is 25.5 Å². The average Bonchev–Trinajstić information content (AvgIpc) is 2.32. The van der Waals surface area contributed by atoms with E-state index in [1.54, 1.807) is 0 Å². The molecule has 0 fully saturated rings. The van der Waals surface area contributed by atoms with Crippen LogP contribution in [0.25, 0.3) is 0 Å². The third-order valence-electron chi connectivity index (χ3n) is 2.91. The first-order valence-corrected chi connectivity index (χ1v) is 6.65. The first-order chi connectivity index (χ1) is 8.56. The fourth-order valence-corrected chi connectivity index (χ4v) is 1.95. The molecule has 0 aliphatic carbocycles. The van der Waals surface area contributed by atoms with Gasteiger partial charge in [0.1, 0.15) is 0 Å². The molecule has 0 spiro atoms. The van der Waals surface area contributed by atoms with Crippen molar-refractivity contribution in [3.8, 4) is 0 Å². The normalized spacial score (nSPS) is 10.7. The van der Waals surface area contributed by atoms with Crippen LogP contribution in [0.3, 0.4) is 0 Å². The summed E-state index contributed by atoms with van der Waals surface area (Å²) in [5.41, 5.74) is 2.17. The largest absolute Gasteiger partial charge is 0.314 e. The number of amides is 1. The van der Waals surface area contributed by atoms with Crippen molar-refractivity contribution in [2.45, 2.75) is 40.2 Å². The van der Waals surface area contributed by atoms with Gasteiger partial charge < -0.3 is 10.2 Å². The van der Waals surface area contributed by atoms with Gasteiger partial charge in [-0.15, -0.1) is 0 Å². The number of hydrogen-bond acceptors (Lipinski definition) is 2. The number of rotatable bonds is 6. The molecule has 1 N–H and O–H groups in total. The summed E-state index contributed by atoms with van der Waals surface area (Å²) in [4.78, 5) is 14.1. The minimum Gasteiger partial charge on any atom is -0.314 e. The minimum atomic E-state index is 0.181. The summed E-state index contributed by atoms with van der Waals surface area (Å²) in [5.74, 6) is 0.181. The molecule has 0 aromatic heterocycles. The predicted molar refractivity (Wildman–Crippen MR) is 77.0 cm³/mol. The second-order valence-corrected chi connectivity index (χ2v) is 4.78. The predicted octanol–water partition coefficient (Wildman–Crippen LogP) is 2.74. The van der Waals surface area contributed by atoms with E-state index in [1.165, 1.54) is 0 Å². The van der Waals surface area contributed by atoms with Crippen LogP contribution in [0.4, 0.5) is 5.69 Å². The van der Waals surface area contributed by atoms with Crippen LogP contribution in [0.15, 0.2) is 24.3 Å². The van der Waals surface area contributed by atoms with Gasteiger partial charge in [0.25, 0.3) is 0 Å². The highest BCUT2D eigenvalue weighted by Crippen LogP contribution is 2.19. The Kier molecular flexibility index (Phi) is 5.86. The van der Waals surface area contributed by atoms with E-state index >= 15 is 0 Å². The third kappa shape index (κ3) is 4.15. The van der Waals surface area contributed by atoms with Crippen molar-refractivity contribution in [1.29, 1.82) is 0 Å². The first-order valence-electron chi connectivity index (χ1n) is 6.65. The van der Waals surface area contributed by atoms with Gasteiger partial charge in [-0.3, -0.25) is 4.79 Å². The number of nitrogens with one attached hydrogen (secondary N) is 1. The number of carbonyl (C=O) groups is 1. The van der Waals surface area contributed by atoms with Crippen LogP contribution in [0.5, 0.6) is 0 Å². The van der Waals surface area contributed by atoms with Crippen LogP contribution >= 0.6 is 0 Å². The van der Waals surface area contributed by atoms with Crippen LogP contribution in [0.2, 0.25) is 0 Å². The Morgan fingerprint density at radius 2 is 2.00 bits per heavy atom. The van der Waals surface area contributed by atoms with E-state index < -0.39 is 0 Å². The van der Waals surface area contributed by atoms with Crippen molar-refractivity contribution >= 4 is 11.6 Å². The molecule has 1 aromatic carbocycles. The molecule has 0 aliphatic rings. The van der Waals surface area contributed by atoms with Gasteiger partial charge >= 0.3 is 0 Å². The molecule has 0 atom stereocenters. The van der Waals surface area contributed by atoms with E-state index in [0.29, 0.717) is 19.0 Å². The lowest BCUT2D eigenvalue weighted by molar-refractivity contribution is -0.118. The number of nitrogens with zero attached hydrogens (tertiary/aromatic N) is 1. The fraction of sp³-hybridized carbons (Fsp3) is 0.533. The Balaban J connectivity index is 2.66. The lowest BCUT2D eigenvalue weighted by atomic mass is 10.1. The quantitative estimate of drug-likeness (QED) is 0.839. The van der Waals surface area contributed by atoms with Gasteiger partial charge in [0.05, 0.1) is 0 Å². The van der Waals surface area contributed by atoms with E-state index in [-0.39, 0.29) is 5.91 Å². The van der Waals surface area contributed by atoms with Crippen molar-refractivity contribution in [2.24, 2.45) is 0 Å². The van der Waals surface area contributed by atoms with Gasteiger partial charge in [-0.25, -0.2) is 0 Å². The topological polar surface area (TPSA) is 32.3 Å².